The van der Waals surface area contributed by atoms with Crippen molar-refractivity contribution < 1.29 is 136 Å². The molecular formula is C51H93N3O28P2. The molecule has 6 rings (SSSR count). The van der Waals surface area contributed by atoms with Crippen molar-refractivity contribution in [2.75, 3.05) is 86.2 Å². The number of aliphatic hydroxyl groups excluding tert-OH is 10. The van der Waals surface area contributed by atoms with Gasteiger partial charge < -0.3 is 109 Å². The van der Waals surface area contributed by atoms with Crippen molar-refractivity contribution in [2.24, 2.45) is 17.8 Å². The molecule has 12 N–H and O–H groups in total. The zero-order valence-corrected chi connectivity index (χ0v) is 50.4. The molecule has 0 aromatic carbocycles. The van der Waals surface area contributed by atoms with Crippen LogP contribution in [0, 0.1) is 17.8 Å². The standard InChI is InChI=1S/C49H87N3O28P2.C2H6/c1-26-41(60)44(63)35(20-53)76-47(26)71-11-5-8-38(57)50-17-32(56)14-29(50)24-74-81(66,67)80-34-16-31(52(19-34)40(59)10-7-13-73-49-28(3)43(62)46(65)37(22-55)78-49)25-75-82(68,69)79-33-15-30(23-70-4)51(18-33)39(58)9-6-12-72-48-27(2)42(61)45(64)36(21-54)77-48;1-2/h26-37,41-49,53-56,60-65H,5-25H2,1-4H3,(H,66,67)(H,68,69);1-2H3/t26?,27?,28?,29-,30-,31-,32+,33+,34+,35?,36?,37?,41+,42+,43+,44-,45-,46-,47+,48+,49+;/m0./s1. The molecule has 0 aromatic heterocycles. The number of hydrogen-bond acceptors (Lipinski definition) is 26. The molecule has 0 saturated carbocycles. The van der Waals surface area contributed by atoms with Gasteiger partial charge in [-0.3, -0.25) is 32.5 Å². The summed E-state index contributed by atoms with van der Waals surface area (Å²) < 4.78 is 88.4. The fourth-order valence-corrected chi connectivity index (χ4v) is 13.0. The second kappa shape index (κ2) is 34.2. The second-order valence-corrected chi connectivity index (χ2v) is 24.8. The SMILES string of the molecule is CC.COC[C@@H]1C[C@@H](OP(=O)(O)OC[C@@H]2C[C@@H](OP(=O)(O)OC[C@@H]3C[C@@H](O)CN3C(=O)CCCO[C@@H]3OC(CO)[C@H](O)[C@H](O)C3C)CN2C(=O)CCCO[C@@H]2OC(CO)[C@H](O)[C@H](O)C2C)CN1C(=O)CCCO[C@@H]1OC(CO)[C@H](O)[C@H](O)C1C. The summed E-state index contributed by atoms with van der Waals surface area (Å²) in [4.78, 5) is 66.7. The predicted molar refractivity (Wildman–Crippen MR) is 287 cm³/mol. The molecule has 0 radical (unpaired) electrons. The van der Waals surface area contributed by atoms with Crippen LogP contribution in [-0.2, 0) is 74.8 Å². The number of phosphoric ester groups is 2. The molecule has 0 spiro atoms. The molecule has 33 heteroatoms. The van der Waals surface area contributed by atoms with Gasteiger partial charge in [0.1, 0.15) is 36.6 Å². The molecule has 23 atom stereocenters. The molecule has 84 heavy (non-hydrogen) atoms. The summed E-state index contributed by atoms with van der Waals surface area (Å²) in [6.45, 7) is 5.31. The lowest BCUT2D eigenvalue weighted by molar-refractivity contribution is -0.282. The van der Waals surface area contributed by atoms with Crippen LogP contribution in [0.15, 0.2) is 0 Å². The van der Waals surface area contributed by atoms with E-state index >= 15 is 0 Å². The summed E-state index contributed by atoms with van der Waals surface area (Å²) in [5, 5.41) is 101. The number of hydrogen-bond donors (Lipinski definition) is 12. The monoisotopic (exact) mass is 1260 g/mol. The van der Waals surface area contributed by atoms with Crippen molar-refractivity contribution in [2.45, 2.75) is 203 Å². The van der Waals surface area contributed by atoms with E-state index in [0.29, 0.717) is 0 Å². The highest BCUT2D eigenvalue weighted by atomic mass is 31.2. The van der Waals surface area contributed by atoms with Crippen LogP contribution < -0.4 is 0 Å². The highest BCUT2D eigenvalue weighted by Crippen LogP contribution is 2.50. The number of phosphoric acid groups is 2. The number of carbonyl (C=O) groups excluding carboxylic acids is 3. The summed E-state index contributed by atoms with van der Waals surface area (Å²) in [6.07, 6.45) is -17.1. The fraction of sp³-hybridized carbons (Fsp3) is 0.941. The van der Waals surface area contributed by atoms with E-state index in [1.165, 1.54) is 21.8 Å². The Morgan fingerprint density at radius 3 is 1.12 bits per heavy atom. The summed E-state index contributed by atoms with van der Waals surface area (Å²) in [6, 6.07) is -2.48. The number of methoxy groups -OCH3 is 1. The maximum absolute atomic E-state index is 13.9. The van der Waals surface area contributed by atoms with Crippen LogP contribution in [0.1, 0.15) is 92.4 Å². The topological polar surface area (TPSA) is 439 Å². The van der Waals surface area contributed by atoms with E-state index in [0.717, 1.165) is 0 Å². The first-order valence-electron chi connectivity index (χ1n) is 28.9. The Kier molecular flexibility index (Phi) is 29.6. The largest absolute Gasteiger partial charge is 0.472 e. The number of amides is 3. The summed E-state index contributed by atoms with van der Waals surface area (Å²) in [5.74, 6) is -3.33. The number of β-amino-alcohol motifs (C(OH)–C–C–N with tert-alkyl or cyclic N) is 1. The third-order valence-corrected chi connectivity index (χ3v) is 18.0. The van der Waals surface area contributed by atoms with Gasteiger partial charge in [0.05, 0.1) is 114 Å². The fourth-order valence-electron chi connectivity index (χ4n) is 11.1. The van der Waals surface area contributed by atoms with Gasteiger partial charge in [0.2, 0.25) is 17.7 Å². The highest BCUT2D eigenvalue weighted by Gasteiger charge is 2.47. The first kappa shape index (κ1) is 72.7. The first-order chi connectivity index (χ1) is 39.8. The third-order valence-electron chi connectivity index (χ3n) is 15.9. The molecule has 6 heterocycles. The van der Waals surface area contributed by atoms with E-state index in [9.17, 15) is 84.4 Å². The zero-order valence-electron chi connectivity index (χ0n) is 48.6. The lowest BCUT2D eigenvalue weighted by Crippen LogP contribution is -2.55. The van der Waals surface area contributed by atoms with Crippen LogP contribution in [0.5, 0.6) is 0 Å². The van der Waals surface area contributed by atoms with E-state index < -0.39 is 188 Å². The molecule has 490 valence electrons. The predicted octanol–water partition coefficient (Wildman–Crippen LogP) is -2.56. The third kappa shape index (κ3) is 20.0. The molecule has 0 aromatic rings. The number of nitrogens with zero attached hydrogens (tertiary/aromatic N) is 3. The molecule has 6 aliphatic heterocycles. The van der Waals surface area contributed by atoms with Crippen LogP contribution in [0.4, 0.5) is 0 Å². The van der Waals surface area contributed by atoms with E-state index in [-0.39, 0.29) is 110 Å². The Balaban J connectivity index is 0.00000638. The van der Waals surface area contributed by atoms with Gasteiger partial charge in [0.25, 0.3) is 0 Å². The van der Waals surface area contributed by atoms with Crippen LogP contribution in [0.25, 0.3) is 0 Å². The van der Waals surface area contributed by atoms with Crippen molar-refractivity contribution >= 4 is 33.4 Å². The van der Waals surface area contributed by atoms with Crippen LogP contribution >= 0.6 is 15.6 Å². The Morgan fingerprint density at radius 2 is 0.798 bits per heavy atom. The Bertz CT molecular complexity index is 2110. The van der Waals surface area contributed by atoms with E-state index in [4.69, 9.17) is 51.3 Å². The highest BCUT2D eigenvalue weighted by molar-refractivity contribution is 7.47. The van der Waals surface area contributed by atoms with E-state index in [1.807, 2.05) is 13.8 Å². The van der Waals surface area contributed by atoms with Gasteiger partial charge in [-0.15, -0.1) is 0 Å². The molecule has 3 amide bonds. The lowest BCUT2D eigenvalue weighted by atomic mass is 9.92. The van der Waals surface area contributed by atoms with Gasteiger partial charge in [-0.2, -0.15) is 0 Å². The molecular weight excluding hydrogens is 1160 g/mol. The summed E-state index contributed by atoms with van der Waals surface area (Å²) >= 11 is 0. The van der Waals surface area contributed by atoms with Gasteiger partial charge in [-0.1, -0.05) is 34.6 Å². The number of rotatable bonds is 30. The van der Waals surface area contributed by atoms with Gasteiger partial charge >= 0.3 is 15.6 Å². The quantitative estimate of drug-likeness (QED) is 0.0260. The minimum atomic E-state index is -5.00. The van der Waals surface area contributed by atoms with Crippen molar-refractivity contribution in [3.05, 3.63) is 0 Å². The smallest absolute Gasteiger partial charge is 0.394 e. The summed E-state index contributed by atoms with van der Waals surface area (Å²) in [7, 11) is -8.55. The lowest BCUT2D eigenvalue weighted by Gasteiger charge is -2.40. The Hall–Kier alpha value is -2.05. The van der Waals surface area contributed by atoms with Crippen LogP contribution in [0.3, 0.4) is 0 Å². The molecule has 0 bridgehead atoms. The van der Waals surface area contributed by atoms with E-state index in [1.54, 1.807) is 20.8 Å². The van der Waals surface area contributed by atoms with Gasteiger partial charge in [0.15, 0.2) is 18.9 Å². The zero-order chi connectivity index (χ0) is 62.2. The van der Waals surface area contributed by atoms with Gasteiger partial charge in [-0.25, -0.2) is 9.13 Å². The van der Waals surface area contributed by atoms with Gasteiger partial charge in [0, 0.05) is 63.8 Å². The number of likely N-dealkylation sites (tertiary alicyclic amines) is 3. The number of aliphatic hydroxyl groups is 10. The normalized spacial score (nSPS) is 37.8. The molecule has 6 fully saturated rings. The van der Waals surface area contributed by atoms with Crippen LogP contribution in [-0.4, -0.2) is 290 Å². The van der Waals surface area contributed by atoms with Gasteiger partial charge in [-0.05, 0) is 38.5 Å². The molecule has 6 aliphatic rings. The minimum Gasteiger partial charge on any atom is -0.394 e. The molecule has 31 nitrogen and oxygen atoms in total. The molecule has 0 aliphatic carbocycles. The van der Waals surface area contributed by atoms with Crippen molar-refractivity contribution in [1.82, 2.24) is 14.7 Å². The molecule has 8 unspecified atom stereocenters. The van der Waals surface area contributed by atoms with Crippen molar-refractivity contribution in [3.8, 4) is 0 Å². The van der Waals surface area contributed by atoms with Crippen molar-refractivity contribution in [1.29, 1.82) is 0 Å². The average molecular weight is 1260 g/mol. The average Bonchev–Trinajstić information content (AvgIpc) is 3.79. The maximum Gasteiger partial charge on any atom is 0.472 e. The first-order valence-corrected chi connectivity index (χ1v) is 31.9. The van der Waals surface area contributed by atoms with Crippen LogP contribution in [0.2, 0.25) is 0 Å². The van der Waals surface area contributed by atoms with E-state index in [2.05, 4.69) is 0 Å². The molecule has 6 saturated heterocycles. The Morgan fingerprint density at radius 1 is 0.488 bits per heavy atom. The maximum atomic E-state index is 13.9. The Labute approximate surface area is 489 Å². The summed E-state index contributed by atoms with van der Waals surface area (Å²) in [5.41, 5.74) is 0. The second-order valence-electron chi connectivity index (χ2n) is 22.0. The van der Waals surface area contributed by atoms with Crippen molar-refractivity contribution in [3.63, 3.8) is 0 Å². The number of ether oxygens (including phenoxy) is 7. The number of carbonyl (C=O) groups is 3. The minimum absolute atomic E-state index is 0.00525.